The van der Waals surface area contributed by atoms with Crippen molar-refractivity contribution < 1.29 is 4.79 Å². The van der Waals surface area contributed by atoms with E-state index in [1.54, 1.807) is 6.20 Å². The summed E-state index contributed by atoms with van der Waals surface area (Å²) < 4.78 is 2.19. The predicted molar refractivity (Wildman–Crippen MR) is 84.7 cm³/mol. The van der Waals surface area contributed by atoms with Crippen molar-refractivity contribution in [3.63, 3.8) is 0 Å². The van der Waals surface area contributed by atoms with E-state index in [1.807, 2.05) is 24.0 Å². The van der Waals surface area contributed by atoms with Crippen molar-refractivity contribution in [3.8, 4) is 0 Å². The molecule has 0 radical (unpaired) electrons. The van der Waals surface area contributed by atoms with Gasteiger partial charge in [0.05, 0.1) is 17.8 Å². The molecule has 2 aromatic rings. The smallest absolute Gasteiger partial charge is 0.256 e. The Morgan fingerprint density at radius 3 is 2.82 bits per heavy atom. The van der Waals surface area contributed by atoms with Gasteiger partial charge in [0, 0.05) is 43.5 Å². The summed E-state index contributed by atoms with van der Waals surface area (Å²) >= 11 is 0. The minimum atomic E-state index is 0.0491. The summed E-state index contributed by atoms with van der Waals surface area (Å²) in [5.74, 6) is 1.53. The van der Waals surface area contributed by atoms with E-state index < -0.39 is 0 Å². The molecule has 0 N–H and O–H groups in total. The highest BCUT2D eigenvalue weighted by atomic mass is 16.2. The maximum Gasteiger partial charge on any atom is 0.256 e. The molecule has 5 heteroatoms. The van der Waals surface area contributed by atoms with Gasteiger partial charge in [-0.25, -0.2) is 4.98 Å². The van der Waals surface area contributed by atoms with Crippen LogP contribution in [0.25, 0.3) is 0 Å². The van der Waals surface area contributed by atoms with E-state index in [1.165, 1.54) is 5.69 Å². The number of carbonyl (C=O) groups is 1. The minimum Gasteiger partial charge on any atom is -0.334 e. The fourth-order valence-electron chi connectivity index (χ4n) is 3.12. The molecule has 0 aliphatic carbocycles. The molecule has 1 aliphatic heterocycles. The fourth-order valence-corrected chi connectivity index (χ4v) is 3.12. The van der Waals surface area contributed by atoms with E-state index in [4.69, 9.17) is 4.98 Å². The number of hydrogen-bond donors (Lipinski definition) is 0. The first-order valence-electron chi connectivity index (χ1n) is 7.74. The molecule has 3 heterocycles. The molecule has 0 atom stereocenters. The molecule has 22 heavy (non-hydrogen) atoms. The van der Waals surface area contributed by atoms with Crippen molar-refractivity contribution in [1.29, 1.82) is 0 Å². The third kappa shape index (κ3) is 2.40. The first kappa shape index (κ1) is 14.8. The van der Waals surface area contributed by atoms with Crippen molar-refractivity contribution in [1.82, 2.24) is 19.4 Å². The molecule has 0 saturated heterocycles. The van der Waals surface area contributed by atoms with Crippen LogP contribution in [-0.2, 0) is 20.0 Å². The summed E-state index contributed by atoms with van der Waals surface area (Å²) in [6.45, 7) is 7.49. The van der Waals surface area contributed by atoms with Crippen LogP contribution in [-0.4, -0.2) is 31.9 Å². The summed E-state index contributed by atoms with van der Waals surface area (Å²) in [5.41, 5.74) is 3.76. The van der Waals surface area contributed by atoms with E-state index in [0.717, 1.165) is 30.2 Å². The molecule has 0 saturated carbocycles. The highest BCUT2D eigenvalue weighted by molar-refractivity contribution is 5.95. The van der Waals surface area contributed by atoms with Gasteiger partial charge < -0.3 is 9.47 Å². The van der Waals surface area contributed by atoms with Gasteiger partial charge in [0.1, 0.15) is 5.82 Å². The van der Waals surface area contributed by atoms with Gasteiger partial charge in [-0.05, 0) is 19.1 Å². The summed E-state index contributed by atoms with van der Waals surface area (Å²) in [6.07, 6.45) is 2.57. The summed E-state index contributed by atoms with van der Waals surface area (Å²) in [4.78, 5) is 23.6. The Kier molecular flexibility index (Phi) is 3.72. The van der Waals surface area contributed by atoms with Crippen LogP contribution in [0.3, 0.4) is 0 Å². The van der Waals surface area contributed by atoms with Gasteiger partial charge in [-0.3, -0.25) is 9.78 Å². The second kappa shape index (κ2) is 5.55. The largest absolute Gasteiger partial charge is 0.334 e. The van der Waals surface area contributed by atoms with Gasteiger partial charge >= 0.3 is 0 Å². The number of rotatable bonds is 2. The molecule has 116 valence electrons. The van der Waals surface area contributed by atoms with Crippen LogP contribution in [0, 0.1) is 6.92 Å². The van der Waals surface area contributed by atoms with Crippen LogP contribution in [0.1, 0.15) is 53.0 Å². The molecule has 1 amide bonds. The molecule has 0 aromatic carbocycles. The number of amides is 1. The SMILES string of the molecule is Cc1ncccc1C(=O)N1CCc2c(nc(C(C)C)n2C)C1. The van der Waals surface area contributed by atoms with Crippen LogP contribution < -0.4 is 0 Å². The lowest BCUT2D eigenvalue weighted by atomic mass is 10.1. The molecule has 1 aliphatic rings. The lowest BCUT2D eigenvalue weighted by molar-refractivity contribution is 0.0730. The highest BCUT2D eigenvalue weighted by Crippen LogP contribution is 2.24. The minimum absolute atomic E-state index is 0.0491. The van der Waals surface area contributed by atoms with Crippen molar-refractivity contribution in [2.24, 2.45) is 7.05 Å². The standard InChI is InChI=1S/C17H22N4O/c1-11(2)16-19-14-10-21(9-7-15(14)20(16)4)17(22)13-6-5-8-18-12(13)3/h5-6,8,11H,7,9-10H2,1-4H3. The first-order chi connectivity index (χ1) is 10.5. The number of imidazole rings is 1. The Balaban J connectivity index is 1.87. The van der Waals surface area contributed by atoms with Gasteiger partial charge in [-0.15, -0.1) is 0 Å². The topological polar surface area (TPSA) is 51.0 Å². The van der Waals surface area contributed by atoms with Crippen LogP contribution in [0.4, 0.5) is 0 Å². The molecule has 0 fully saturated rings. The van der Waals surface area contributed by atoms with Crippen molar-refractivity contribution in [2.45, 2.75) is 39.7 Å². The predicted octanol–water partition coefficient (Wildman–Crippen LogP) is 2.45. The molecule has 3 rings (SSSR count). The zero-order valence-electron chi connectivity index (χ0n) is 13.6. The van der Waals surface area contributed by atoms with E-state index in [0.29, 0.717) is 18.0 Å². The maximum absolute atomic E-state index is 12.7. The zero-order valence-corrected chi connectivity index (χ0v) is 13.6. The van der Waals surface area contributed by atoms with E-state index in [9.17, 15) is 4.79 Å². The fraction of sp³-hybridized carbons (Fsp3) is 0.471. The highest BCUT2D eigenvalue weighted by Gasteiger charge is 2.27. The Morgan fingerprint density at radius 2 is 2.14 bits per heavy atom. The number of fused-ring (bicyclic) bond motifs is 1. The molecular weight excluding hydrogens is 276 g/mol. The molecular formula is C17H22N4O. The van der Waals surface area contributed by atoms with Crippen molar-refractivity contribution in [2.75, 3.05) is 6.54 Å². The van der Waals surface area contributed by atoms with Gasteiger partial charge in [-0.2, -0.15) is 0 Å². The molecule has 0 bridgehead atoms. The second-order valence-corrected chi connectivity index (χ2v) is 6.19. The Morgan fingerprint density at radius 1 is 1.36 bits per heavy atom. The monoisotopic (exact) mass is 298 g/mol. The number of carbonyl (C=O) groups excluding carboxylic acids is 1. The molecule has 0 spiro atoms. The van der Waals surface area contributed by atoms with Gasteiger partial charge in [-0.1, -0.05) is 13.8 Å². The first-order valence-corrected chi connectivity index (χ1v) is 7.74. The third-order valence-corrected chi connectivity index (χ3v) is 4.33. The van der Waals surface area contributed by atoms with Crippen molar-refractivity contribution in [3.05, 3.63) is 46.8 Å². The molecule has 2 aromatic heterocycles. The summed E-state index contributed by atoms with van der Waals surface area (Å²) in [7, 11) is 2.07. The third-order valence-electron chi connectivity index (χ3n) is 4.33. The Bertz CT molecular complexity index is 717. The maximum atomic E-state index is 12.7. The van der Waals surface area contributed by atoms with E-state index in [2.05, 4.69) is 30.4 Å². The lowest BCUT2D eigenvalue weighted by Crippen LogP contribution is -2.36. The van der Waals surface area contributed by atoms with Gasteiger partial charge in [0.2, 0.25) is 0 Å². The average molecular weight is 298 g/mol. The number of pyridine rings is 1. The average Bonchev–Trinajstić information content (AvgIpc) is 2.84. The number of nitrogens with zero attached hydrogens (tertiary/aromatic N) is 4. The Labute approximate surface area is 131 Å². The molecule has 5 nitrogen and oxygen atoms in total. The Hall–Kier alpha value is -2.17. The number of hydrogen-bond acceptors (Lipinski definition) is 3. The van der Waals surface area contributed by atoms with Crippen LogP contribution in [0.5, 0.6) is 0 Å². The normalized spacial score (nSPS) is 14.3. The molecule has 0 unspecified atom stereocenters. The van der Waals surface area contributed by atoms with Gasteiger partial charge in [0.15, 0.2) is 0 Å². The summed E-state index contributed by atoms with van der Waals surface area (Å²) in [5, 5.41) is 0. The van der Waals surface area contributed by atoms with Gasteiger partial charge in [0.25, 0.3) is 5.91 Å². The lowest BCUT2D eigenvalue weighted by Gasteiger charge is -2.27. The quantitative estimate of drug-likeness (QED) is 0.855. The number of aryl methyl sites for hydroxylation is 1. The van der Waals surface area contributed by atoms with Crippen LogP contribution in [0.15, 0.2) is 18.3 Å². The number of aromatic nitrogens is 3. The second-order valence-electron chi connectivity index (χ2n) is 6.19. The zero-order chi connectivity index (χ0) is 15.9. The van der Waals surface area contributed by atoms with Crippen LogP contribution >= 0.6 is 0 Å². The van der Waals surface area contributed by atoms with E-state index >= 15 is 0 Å². The van der Waals surface area contributed by atoms with E-state index in [-0.39, 0.29) is 5.91 Å². The summed E-state index contributed by atoms with van der Waals surface area (Å²) in [6, 6.07) is 3.66. The van der Waals surface area contributed by atoms with Crippen molar-refractivity contribution >= 4 is 5.91 Å². The van der Waals surface area contributed by atoms with Crippen LogP contribution in [0.2, 0.25) is 0 Å².